The van der Waals surface area contributed by atoms with E-state index in [1.165, 1.54) is 7.11 Å². The summed E-state index contributed by atoms with van der Waals surface area (Å²) in [5, 5.41) is 45.8. The molecule has 158 valence electrons. The highest BCUT2D eigenvalue weighted by atomic mass is 16.6. The molecule has 28 heavy (non-hydrogen) atoms. The maximum absolute atomic E-state index is 13.8. The van der Waals surface area contributed by atoms with Gasteiger partial charge in [0, 0.05) is 36.2 Å². The van der Waals surface area contributed by atoms with Gasteiger partial charge in [-0.15, -0.1) is 0 Å². The number of ketones is 1. The highest BCUT2D eigenvalue weighted by Gasteiger charge is 2.87. The van der Waals surface area contributed by atoms with Crippen molar-refractivity contribution >= 4 is 5.78 Å². The Bertz CT molecular complexity index is 709. The second kappa shape index (κ2) is 5.56. The summed E-state index contributed by atoms with van der Waals surface area (Å²) in [5.74, 6) is -4.59. The Morgan fingerprint density at radius 2 is 1.86 bits per heavy atom. The van der Waals surface area contributed by atoms with Crippen LogP contribution in [-0.4, -0.2) is 70.6 Å². The van der Waals surface area contributed by atoms with Gasteiger partial charge >= 0.3 is 0 Å². The fraction of sp³-hybridized carbons (Fsp3) is 0.952. The van der Waals surface area contributed by atoms with Crippen molar-refractivity contribution in [3.63, 3.8) is 0 Å². The van der Waals surface area contributed by atoms with Gasteiger partial charge in [-0.1, -0.05) is 20.3 Å². The minimum atomic E-state index is -2.20. The fourth-order valence-corrected chi connectivity index (χ4v) is 8.60. The Balaban J connectivity index is 1.76. The Morgan fingerprint density at radius 3 is 2.54 bits per heavy atom. The quantitative estimate of drug-likeness (QED) is 0.522. The Labute approximate surface area is 165 Å². The molecule has 0 amide bonds. The summed E-state index contributed by atoms with van der Waals surface area (Å²) in [6.07, 6.45) is -0.500. The lowest BCUT2D eigenvalue weighted by Crippen LogP contribution is -2.85. The molecule has 0 aromatic heterocycles. The van der Waals surface area contributed by atoms with E-state index in [9.17, 15) is 25.2 Å². The fourth-order valence-electron chi connectivity index (χ4n) is 8.60. The van der Waals surface area contributed by atoms with Gasteiger partial charge in [0.05, 0.1) is 25.4 Å². The minimum absolute atomic E-state index is 0.121. The van der Waals surface area contributed by atoms with Crippen molar-refractivity contribution in [3.05, 3.63) is 0 Å². The topological polar surface area (TPSA) is 116 Å². The van der Waals surface area contributed by atoms with Gasteiger partial charge in [-0.25, -0.2) is 0 Å². The molecule has 2 heterocycles. The Morgan fingerprint density at radius 1 is 1.14 bits per heavy atom. The highest BCUT2D eigenvalue weighted by Crippen LogP contribution is 2.76. The van der Waals surface area contributed by atoms with Crippen molar-refractivity contribution in [2.45, 2.75) is 63.6 Å². The van der Waals surface area contributed by atoms with Crippen LogP contribution >= 0.6 is 0 Å². The van der Waals surface area contributed by atoms with E-state index in [0.717, 1.165) is 12.8 Å². The summed E-state index contributed by atoms with van der Waals surface area (Å²) in [6, 6.07) is 0. The van der Waals surface area contributed by atoms with Gasteiger partial charge < -0.3 is 29.9 Å². The second-order valence-electron chi connectivity index (χ2n) is 10.7. The number of methoxy groups -OCH3 is 1. The van der Waals surface area contributed by atoms with E-state index in [1.54, 1.807) is 0 Å². The van der Waals surface area contributed by atoms with Gasteiger partial charge in [-0.2, -0.15) is 0 Å². The predicted molar refractivity (Wildman–Crippen MR) is 96.9 cm³/mol. The third-order valence-electron chi connectivity index (χ3n) is 9.28. The summed E-state index contributed by atoms with van der Waals surface area (Å²) in [6.45, 7) is 4.47. The number of fused-ring (bicyclic) bond motifs is 2. The third-order valence-corrected chi connectivity index (χ3v) is 9.28. The predicted octanol–water partition coefficient (Wildman–Crippen LogP) is 0.0820. The lowest BCUT2D eigenvalue weighted by molar-refractivity contribution is -0.456. The van der Waals surface area contributed by atoms with Crippen molar-refractivity contribution in [1.29, 1.82) is 0 Å². The summed E-state index contributed by atoms with van der Waals surface area (Å²) in [4.78, 5) is 13.8. The number of rotatable bonds is 2. The number of Topliss-reactive ketones (excluding diaryl/α,β-unsaturated/α-hetero) is 1. The molecule has 2 saturated heterocycles. The van der Waals surface area contributed by atoms with Crippen LogP contribution in [0.2, 0.25) is 0 Å². The van der Waals surface area contributed by atoms with Crippen molar-refractivity contribution in [2.24, 2.45) is 39.9 Å². The molecule has 6 rings (SSSR count). The van der Waals surface area contributed by atoms with Gasteiger partial charge in [-0.3, -0.25) is 4.79 Å². The number of aliphatic hydroxyl groups is 4. The van der Waals surface area contributed by atoms with E-state index in [0.29, 0.717) is 12.8 Å². The molecule has 2 aliphatic heterocycles. The molecule has 6 fully saturated rings. The van der Waals surface area contributed by atoms with Crippen LogP contribution in [0.3, 0.4) is 0 Å². The molecule has 4 N–H and O–H groups in total. The average molecular weight is 396 g/mol. The van der Waals surface area contributed by atoms with Crippen LogP contribution in [0.15, 0.2) is 0 Å². The van der Waals surface area contributed by atoms with Gasteiger partial charge in [-0.05, 0) is 24.7 Å². The number of hydrogen-bond donors (Lipinski definition) is 4. The lowest BCUT2D eigenvalue weighted by atomic mass is 9.36. The molecule has 0 unspecified atom stereocenters. The molecule has 6 aliphatic rings. The van der Waals surface area contributed by atoms with Gasteiger partial charge in [0.25, 0.3) is 0 Å². The minimum Gasteiger partial charge on any atom is -0.393 e. The van der Waals surface area contributed by atoms with Crippen molar-refractivity contribution in [1.82, 2.24) is 0 Å². The zero-order valence-corrected chi connectivity index (χ0v) is 16.8. The van der Waals surface area contributed by atoms with E-state index >= 15 is 0 Å². The largest absolute Gasteiger partial charge is 0.393 e. The van der Waals surface area contributed by atoms with E-state index in [4.69, 9.17) is 9.47 Å². The molecule has 0 aromatic carbocycles. The first kappa shape index (κ1) is 19.4. The second-order valence-corrected chi connectivity index (χ2v) is 10.7. The zero-order valence-electron chi connectivity index (χ0n) is 16.8. The molecule has 7 nitrogen and oxygen atoms in total. The Kier molecular flexibility index (Phi) is 3.85. The summed E-state index contributed by atoms with van der Waals surface area (Å²) in [5.41, 5.74) is -2.62. The monoisotopic (exact) mass is 396 g/mol. The van der Waals surface area contributed by atoms with Crippen LogP contribution in [0.25, 0.3) is 0 Å². The number of hydrogen-bond acceptors (Lipinski definition) is 7. The summed E-state index contributed by atoms with van der Waals surface area (Å²) in [7, 11) is 1.50. The molecule has 4 bridgehead atoms. The highest BCUT2D eigenvalue weighted by molar-refractivity contribution is 5.93. The number of carbonyl (C=O) groups is 1. The van der Waals surface area contributed by atoms with Crippen LogP contribution in [0.1, 0.15) is 39.5 Å². The van der Waals surface area contributed by atoms with Crippen molar-refractivity contribution in [2.75, 3.05) is 20.3 Å². The standard InChI is InChI=1S/C21H32O7/c1-18(2)5-4-6-19-9-28-21(26,17(25)14(18)19)20-13(19)12(22)7-10(15(20)23)11(8-27-3)16(20)24/h10-15,17,22-23,25-26H,4-9H2,1-3H3/t10-,11+,12-,13-,14+,15+,17-,19+,20+,21+/m0/s1. The molecular weight excluding hydrogens is 364 g/mol. The van der Waals surface area contributed by atoms with E-state index in [-0.39, 0.29) is 30.3 Å². The van der Waals surface area contributed by atoms with Crippen molar-refractivity contribution in [3.8, 4) is 0 Å². The SMILES string of the molecule is COC[C@H]1C(=O)[C@]23[C@H](O)[C@H]1C[C@H](O)[C@H]2[C@]12CCCC(C)(C)[C@H]1[C@H](O)[C@@]3(O)OC2. The number of aliphatic hydroxyl groups excluding tert-OH is 3. The van der Waals surface area contributed by atoms with E-state index < -0.39 is 52.7 Å². The first-order valence-electron chi connectivity index (χ1n) is 10.5. The van der Waals surface area contributed by atoms with Crippen molar-refractivity contribution < 1.29 is 34.7 Å². The maximum Gasteiger partial charge on any atom is 0.208 e. The molecular formula is C21H32O7. The smallest absolute Gasteiger partial charge is 0.208 e. The summed E-state index contributed by atoms with van der Waals surface area (Å²) < 4.78 is 11.2. The molecule has 4 aliphatic carbocycles. The molecule has 7 heteroatoms. The number of ether oxygens (including phenoxy) is 2. The van der Waals surface area contributed by atoms with Crippen LogP contribution in [0, 0.1) is 39.9 Å². The normalized spacial score (nSPS) is 59.1. The van der Waals surface area contributed by atoms with Crippen LogP contribution in [0.4, 0.5) is 0 Å². The van der Waals surface area contributed by atoms with E-state index in [2.05, 4.69) is 13.8 Å². The van der Waals surface area contributed by atoms with Crippen LogP contribution < -0.4 is 0 Å². The van der Waals surface area contributed by atoms with Crippen LogP contribution in [-0.2, 0) is 14.3 Å². The van der Waals surface area contributed by atoms with E-state index in [1.807, 2.05) is 0 Å². The zero-order chi connectivity index (χ0) is 20.3. The molecule has 0 radical (unpaired) electrons. The lowest BCUT2D eigenvalue weighted by Gasteiger charge is -2.74. The molecule has 10 atom stereocenters. The average Bonchev–Trinajstić information content (AvgIpc) is 2.74. The molecule has 2 spiro atoms. The first-order valence-corrected chi connectivity index (χ1v) is 10.5. The maximum atomic E-state index is 13.8. The van der Waals surface area contributed by atoms with Gasteiger partial charge in [0.15, 0.2) is 5.78 Å². The Hall–Kier alpha value is -0.570. The molecule has 4 saturated carbocycles. The third kappa shape index (κ3) is 1.78. The van der Waals surface area contributed by atoms with Gasteiger partial charge in [0.1, 0.15) is 11.5 Å². The van der Waals surface area contributed by atoms with Gasteiger partial charge in [0.2, 0.25) is 5.79 Å². The number of carbonyl (C=O) groups excluding carboxylic acids is 1. The molecule has 0 aromatic rings. The van der Waals surface area contributed by atoms with Crippen LogP contribution in [0.5, 0.6) is 0 Å². The summed E-state index contributed by atoms with van der Waals surface area (Å²) >= 11 is 0. The first-order chi connectivity index (χ1) is 13.1.